The Morgan fingerprint density at radius 3 is 2.39 bits per heavy atom. The zero-order valence-corrected chi connectivity index (χ0v) is 15.8. The van der Waals surface area contributed by atoms with Crippen molar-refractivity contribution in [3.8, 4) is 5.75 Å². The van der Waals surface area contributed by atoms with Crippen molar-refractivity contribution in [2.45, 2.75) is 20.8 Å². The minimum atomic E-state index is -1.14. The van der Waals surface area contributed by atoms with Gasteiger partial charge >= 0.3 is 17.8 Å². The number of hydrogen-bond acceptors (Lipinski definition) is 5. The summed E-state index contributed by atoms with van der Waals surface area (Å²) in [7, 11) is 0. The lowest BCUT2D eigenvalue weighted by molar-refractivity contribution is -0.136. The van der Waals surface area contributed by atoms with E-state index in [0.717, 1.165) is 11.1 Å². The number of para-hydroxylation sites is 1. The van der Waals surface area contributed by atoms with Crippen LogP contribution in [0.3, 0.4) is 0 Å². The molecule has 2 aromatic rings. The number of hydrogen-bond donors (Lipinski definition) is 3. The zero-order valence-electron chi connectivity index (χ0n) is 15.8. The van der Waals surface area contributed by atoms with Crippen LogP contribution in [0.4, 0.5) is 5.69 Å². The summed E-state index contributed by atoms with van der Waals surface area (Å²) in [4.78, 5) is 35.3. The summed E-state index contributed by atoms with van der Waals surface area (Å²) >= 11 is 0. The van der Waals surface area contributed by atoms with Gasteiger partial charge in [0, 0.05) is 5.69 Å². The number of carbonyl (C=O) groups is 3. The van der Waals surface area contributed by atoms with E-state index in [1.165, 1.54) is 18.3 Å². The van der Waals surface area contributed by atoms with Crippen LogP contribution in [-0.2, 0) is 9.59 Å². The highest BCUT2D eigenvalue weighted by Crippen LogP contribution is 2.20. The molecule has 0 saturated heterocycles. The highest BCUT2D eigenvalue weighted by Gasteiger charge is 2.15. The van der Waals surface area contributed by atoms with Gasteiger partial charge in [0.05, 0.1) is 12.8 Å². The second-order valence-electron chi connectivity index (χ2n) is 5.91. The second-order valence-corrected chi connectivity index (χ2v) is 5.91. The Labute approximate surface area is 162 Å². The Hall–Kier alpha value is -3.68. The molecule has 2 rings (SSSR count). The average Bonchev–Trinajstić information content (AvgIpc) is 2.65. The van der Waals surface area contributed by atoms with Gasteiger partial charge in [0.15, 0.2) is 0 Å². The van der Waals surface area contributed by atoms with E-state index in [1.807, 2.05) is 32.0 Å². The molecule has 3 N–H and O–H groups in total. The summed E-state index contributed by atoms with van der Waals surface area (Å²) in [6, 6.07) is 9.95. The molecule has 0 spiro atoms. The molecule has 0 atom stereocenters. The molecule has 8 heteroatoms. The molecule has 0 unspecified atom stereocenters. The minimum Gasteiger partial charge on any atom is -0.493 e. The molecule has 0 aliphatic rings. The lowest BCUT2D eigenvalue weighted by atomic mass is 10.1. The fourth-order valence-corrected chi connectivity index (χ4v) is 2.47. The number of aromatic carboxylic acids is 1. The number of nitrogens with one attached hydrogen (secondary N) is 2. The number of hydrazone groups is 1. The quantitative estimate of drug-likeness (QED) is 0.402. The molecule has 0 aliphatic carbocycles. The van der Waals surface area contributed by atoms with Crippen molar-refractivity contribution in [1.29, 1.82) is 0 Å². The van der Waals surface area contributed by atoms with Gasteiger partial charge in [0.25, 0.3) is 0 Å². The molecule has 0 aromatic heterocycles. The molecule has 0 radical (unpaired) electrons. The number of rotatable bonds is 6. The van der Waals surface area contributed by atoms with Crippen LogP contribution in [-0.4, -0.2) is 35.7 Å². The summed E-state index contributed by atoms with van der Waals surface area (Å²) in [6.07, 6.45) is 1.24. The zero-order chi connectivity index (χ0) is 20.7. The van der Waals surface area contributed by atoms with E-state index < -0.39 is 17.8 Å². The van der Waals surface area contributed by atoms with Gasteiger partial charge in [-0.15, -0.1) is 0 Å². The van der Waals surface area contributed by atoms with Crippen molar-refractivity contribution in [2.75, 3.05) is 11.9 Å². The summed E-state index contributed by atoms with van der Waals surface area (Å²) in [5, 5.41) is 15.5. The van der Waals surface area contributed by atoms with Gasteiger partial charge in [0.2, 0.25) is 0 Å². The van der Waals surface area contributed by atoms with Crippen molar-refractivity contribution in [1.82, 2.24) is 5.43 Å². The molecule has 0 fully saturated rings. The van der Waals surface area contributed by atoms with Crippen LogP contribution in [0.2, 0.25) is 0 Å². The summed E-state index contributed by atoms with van der Waals surface area (Å²) in [5.74, 6) is -2.70. The van der Waals surface area contributed by atoms with Gasteiger partial charge < -0.3 is 15.2 Å². The fourth-order valence-electron chi connectivity index (χ4n) is 2.47. The summed E-state index contributed by atoms with van der Waals surface area (Å²) in [6.45, 7) is 5.73. The Bertz CT molecular complexity index is 917. The molecule has 0 bridgehead atoms. The van der Waals surface area contributed by atoms with Crippen LogP contribution in [0, 0.1) is 13.8 Å². The van der Waals surface area contributed by atoms with Gasteiger partial charge in [-0.1, -0.05) is 18.2 Å². The second kappa shape index (κ2) is 9.31. The van der Waals surface area contributed by atoms with E-state index in [4.69, 9.17) is 4.74 Å². The van der Waals surface area contributed by atoms with E-state index in [9.17, 15) is 19.5 Å². The van der Waals surface area contributed by atoms with Crippen molar-refractivity contribution >= 4 is 29.7 Å². The fraction of sp³-hybridized carbons (Fsp3) is 0.200. The standard InChI is InChI=1S/C20H21N3O5/c1-4-28-16-9-8-14(10-15(16)20(26)27)11-21-23-19(25)18(24)22-17-12(2)6-5-7-13(17)3/h5-11H,4H2,1-3H3,(H,22,24)(H,23,25)(H,26,27)/b21-11-. The molecule has 0 aliphatic heterocycles. The Balaban J connectivity index is 2.04. The van der Waals surface area contributed by atoms with Gasteiger partial charge in [-0.3, -0.25) is 9.59 Å². The number of carbonyl (C=O) groups excluding carboxylic acids is 2. The van der Waals surface area contributed by atoms with Crippen molar-refractivity contribution in [3.63, 3.8) is 0 Å². The number of anilines is 1. The Morgan fingerprint density at radius 1 is 1.11 bits per heavy atom. The van der Waals surface area contributed by atoms with Crippen LogP contribution in [0.5, 0.6) is 5.75 Å². The molecular weight excluding hydrogens is 362 g/mol. The molecule has 28 heavy (non-hydrogen) atoms. The maximum Gasteiger partial charge on any atom is 0.339 e. The number of carboxylic acids is 1. The highest BCUT2D eigenvalue weighted by atomic mass is 16.5. The third-order valence-corrected chi connectivity index (χ3v) is 3.84. The van der Waals surface area contributed by atoms with Gasteiger partial charge in [-0.05, 0) is 55.7 Å². The van der Waals surface area contributed by atoms with Crippen molar-refractivity contribution in [2.24, 2.45) is 5.10 Å². The smallest absolute Gasteiger partial charge is 0.339 e. The topological polar surface area (TPSA) is 117 Å². The Morgan fingerprint density at radius 2 is 1.79 bits per heavy atom. The monoisotopic (exact) mass is 383 g/mol. The van der Waals surface area contributed by atoms with E-state index >= 15 is 0 Å². The Kier molecular flexibility index (Phi) is 6.86. The number of carboxylic acid groups (broad SMARTS) is 1. The molecule has 2 aromatic carbocycles. The van der Waals surface area contributed by atoms with E-state index in [1.54, 1.807) is 13.0 Å². The molecule has 146 valence electrons. The molecule has 0 heterocycles. The molecule has 2 amide bonds. The molecular formula is C20H21N3O5. The van der Waals surface area contributed by atoms with Crippen LogP contribution < -0.4 is 15.5 Å². The third-order valence-electron chi connectivity index (χ3n) is 3.84. The number of ether oxygens (including phenoxy) is 1. The normalized spacial score (nSPS) is 10.5. The maximum atomic E-state index is 12.0. The first-order valence-electron chi connectivity index (χ1n) is 8.54. The van der Waals surface area contributed by atoms with Crippen LogP contribution in [0.1, 0.15) is 34.0 Å². The van der Waals surface area contributed by atoms with Crippen LogP contribution >= 0.6 is 0 Å². The molecule has 8 nitrogen and oxygen atoms in total. The minimum absolute atomic E-state index is 0.0232. The van der Waals surface area contributed by atoms with E-state index in [-0.39, 0.29) is 11.3 Å². The van der Waals surface area contributed by atoms with E-state index in [2.05, 4.69) is 15.8 Å². The predicted molar refractivity (Wildman–Crippen MR) is 105 cm³/mol. The first-order chi connectivity index (χ1) is 13.3. The van der Waals surface area contributed by atoms with E-state index in [0.29, 0.717) is 17.9 Å². The number of aryl methyl sites for hydroxylation is 2. The third kappa shape index (κ3) is 5.16. The maximum absolute atomic E-state index is 12.0. The summed E-state index contributed by atoms with van der Waals surface area (Å²) in [5.41, 5.74) is 4.76. The lowest BCUT2D eigenvalue weighted by Gasteiger charge is -2.10. The largest absolute Gasteiger partial charge is 0.493 e. The van der Waals surface area contributed by atoms with Gasteiger partial charge in [-0.2, -0.15) is 5.10 Å². The van der Waals surface area contributed by atoms with Gasteiger partial charge in [-0.25, -0.2) is 10.2 Å². The number of nitrogens with zero attached hydrogens (tertiary/aromatic N) is 1. The number of amides is 2. The first kappa shape index (κ1) is 20.6. The highest BCUT2D eigenvalue weighted by molar-refractivity contribution is 6.39. The SMILES string of the molecule is CCOc1ccc(/C=N\NC(=O)C(=O)Nc2c(C)cccc2C)cc1C(=O)O. The van der Waals surface area contributed by atoms with Crippen LogP contribution in [0.25, 0.3) is 0 Å². The van der Waals surface area contributed by atoms with Crippen LogP contribution in [0.15, 0.2) is 41.5 Å². The van der Waals surface area contributed by atoms with Gasteiger partial charge in [0.1, 0.15) is 11.3 Å². The number of benzene rings is 2. The first-order valence-corrected chi connectivity index (χ1v) is 8.54. The predicted octanol–water partition coefficient (Wildman–Crippen LogP) is 2.49. The molecule has 0 saturated carbocycles. The van der Waals surface area contributed by atoms with Crippen molar-refractivity contribution < 1.29 is 24.2 Å². The summed E-state index contributed by atoms with van der Waals surface area (Å²) < 4.78 is 5.26. The lowest BCUT2D eigenvalue weighted by Crippen LogP contribution is -2.32. The van der Waals surface area contributed by atoms with Crippen molar-refractivity contribution in [3.05, 3.63) is 58.7 Å². The average molecular weight is 383 g/mol.